The summed E-state index contributed by atoms with van der Waals surface area (Å²) < 4.78 is 14.1. The lowest BCUT2D eigenvalue weighted by Crippen LogP contribution is -2.48. The molecule has 0 radical (unpaired) electrons. The number of nitrogens with zero attached hydrogens (tertiary/aromatic N) is 1. The second-order valence-corrected chi connectivity index (χ2v) is 6.62. The third-order valence-corrected chi connectivity index (χ3v) is 5.31. The average Bonchev–Trinajstić information content (AvgIpc) is 3.23. The molecule has 2 fully saturated rings. The summed E-state index contributed by atoms with van der Waals surface area (Å²) >= 11 is 0. The Hall–Kier alpha value is -1.95. The van der Waals surface area contributed by atoms with Gasteiger partial charge in [-0.25, -0.2) is 4.39 Å². The summed E-state index contributed by atoms with van der Waals surface area (Å²) in [5.74, 6) is -1.75. The van der Waals surface area contributed by atoms with Gasteiger partial charge in [0.2, 0.25) is 11.8 Å². The first-order valence-corrected chi connectivity index (χ1v) is 7.88. The molecule has 6 heteroatoms. The third kappa shape index (κ3) is 2.51. The first-order chi connectivity index (χ1) is 10.9. The normalized spacial score (nSPS) is 28.4. The zero-order chi connectivity index (χ0) is 16.8. The molecule has 2 aliphatic carbocycles. The van der Waals surface area contributed by atoms with Gasteiger partial charge in [0.25, 0.3) is 0 Å². The SMILES string of the molecule is CN(C(=O)C1(c2ccccc2F)CC1)[C@@H]1CC[C@@H](C(N)=O)[C@@H]1O. The Morgan fingerprint density at radius 2 is 1.96 bits per heavy atom. The molecule has 1 aromatic carbocycles. The Morgan fingerprint density at radius 1 is 1.30 bits per heavy atom. The molecule has 2 aliphatic rings. The minimum absolute atomic E-state index is 0.197. The second-order valence-electron chi connectivity index (χ2n) is 6.62. The monoisotopic (exact) mass is 320 g/mol. The van der Waals surface area contributed by atoms with Gasteiger partial charge in [-0.15, -0.1) is 0 Å². The molecule has 5 nitrogen and oxygen atoms in total. The van der Waals surface area contributed by atoms with Crippen LogP contribution in [-0.2, 0) is 15.0 Å². The van der Waals surface area contributed by atoms with Gasteiger partial charge in [0.1, 0.15) is 5.82 Å². The van der Waals surface area contributed by atoms with Crippen molar-refractivity contribution in [1.82, 2.24) is 4.90 Å². The maximum atomic E-state index is 14.1. The van der Waals surface area contributed by atoms with E-state index in [9.17, 15) is 19.1 Å². The van der Waals surface area contributed by atoms with E-state index < -0.39 is 29.4 Å². The van der Waals surface area contributed by atoms with Gasteiger partial charge in [-0.3, -0.25) is 9.59 Å². The van der Waals surface area contributed by atoms with E-state index in [1.165, 1.54) is 11.0 Å². The Balaban J connectivity index is 1.81. The van der Waals surface area contributed by atoms with Crippen molar-refractivity contribution in [3.63, 3.8) is 0 Å². The number of carbonyl (C=O) groups is 2. The minimum Gasteiger partial charge on any atom is -0.390 e. The first kappa shape index (κ1) is 15.9. The van der Waals surface area contributed by atoms with Gasteiger partial charge in [0, 0.05) is 12.6 Å². The number of likely N-dealkylation sites (N-methyl/N-ethyl adjacent to an activating group) is 1. The number of aliphatic hydroxyl groups is 1. The van der Waals surface area contributed by atoms with Crippen LogP contribution in [0, 0.1) is 11.7 Å². The maximum Gasteiger partial charge on any atom is 0.233 e. The van der Waals surface area contributed by atoms with Crippen molar-refractivity contribution in [3.8, 4) is 0 Å². The highest BCUT2D eigenvalue weighted by molar-refractivity contribution is 5.91. The molecule has 0 aromatic heterocycles. The van der Waals surface area contributed by atoms with Crippen molar-refractivity contribution >= 4 is 11.8 Å². The molecule has 3 rings (SSSR count). The summed E-state index contributed by atoms with van der Waals surface area (Å²) in [6.45, 7) is 0. The van der Waals surface area contributed by atoms with Gasteiger partial charge in [0.05, 0.1) is 23.5 Å². The fourth-order valence-electron chi connectivity index (χ4n) is 3.75. The van der Waals surface area contributed by atoms with E-state index in [1.807, 2.05) is 0 Å². The lowest BCUT2D eigenvalue weighted by atomic mass is 9.93. The number of hydrogen-bond acceptors (Lipinski definition) is 3. The van der Waals surface area contributed by atoms with Crippen LogP contribution in [0.15, 0.2) is 24.3 Å². The molecule has 0 saturated heterocycles. The molecular formula is C17H21FN2O3. The lowest BCUT2D eigenvalue weighted by Gasteiger charge is -2.31. The zero-order valence-electron chi connectivity index (χ0n) is 13.0. The van der Waals surface area contributed by atoms with Gasteiger partial charge >= 0.3 is 0 Å². The van der Waals surface area contributed by atoms with Crippen LogP contribution >= 0.6 is 0 Å². The van der Waals surface area contributed by atoms with Crippen molar-refractivity contribution < 1.29 is 19.1 Å². The smallest absolute Gasteiger partial charge is 0.233 e. The van der Waals surface area contributed by atoms with Gasteiger partial charge in [-0.05, 0) is 31.7 Å². The van der Waals surface area contributed by atoms with Crippen LogP contribution in [0.2, 0.25) is 0 Å². The van der Waals surface area contributed by atoms with Crippen LogP contribution in [0.1, 0.15) is 31.2 Å². The van der Waals surface area contributed by atoms with Gasteiger partial charge in [0.15, 0.2) is 0 Å². The molecule has 124 valence electrons. The van der Waals surface area contributed by atoms with Crippen molar-refractivity contribution in [3.05, 3.63) is 35.6 Å². The van der Waals surface area contributed by atoms with E-state index in [1.54, 1.807) is 25.2 Å². The van der Waals surface area contributed by atoms with Gasteiger partial charge < -0.3 is 15.7 Å². The van der Waals surface area contributed by atoms with Crippen LogP contribution in [-0.4, -0.2) is 41.0 Å². The number of hydrogen-bond donors (Lipinski definition) is 2. The molecule has 23 heavy (non-hydrogen) atoms. The summed E-state index contributed by atoms with van der Waals surface area (Å²) in [6.07, 6.45) is 1.21. The molecule has 3 atom stereocenters. The van der Waals surface area contributed by atoms with Crippen LogP contribution in [0.4, 0.5) is 4.39 Å². The van der Waals surface area contributed by atoms with E-state index in [0.29, 0.717) is 31.2 Å². The largest absolute Gasteiger partial charge is 0.390 e. The van der Waals surface area contributed by atoms with Gasteiger partial charge in [-0.1, -0.05) is 18.2 Å². The van der Waals surface area contributed by atoms with E-state index in [-0.39, 0.29) is 11.7 Å². The fraction of sp³-hybridized carbons (Fsp3) is 0.529. The molecule has 0 aliphatic heterocycles. The number of nitrogens with two attached hydrogens (primary N) is 1. The van der Waals surface area contributed by atoms with Crippen LogP contribution in [0.25, 0.3) is 0 Å². The summed E-state index contributed by atoms with van der Waals surface area (Å²) in [4.78, 5) is 25.7. The average molecular weight is 320 g/mol. The number of benzene rings is 1. The predicted molar refractivity (Wildman–Crippen MR) is 81.8 cm³/mol. The van der Waals surface area contributed by atoms with E-state index in [0.717, 1.165) is 0 Å². The predicted octanol–water partition coefficient (Wildman–Crippen LogP) is 0.940. The number of carbonyl (C=O) groups excluding carboxylic acids is 2. The summed E-state index contributed by atoms with van der Waals surface area (Å²) in [5, 5.41) is 10.3. The van der Waals surface area contributed by atoms with Gasteiger partial charge in [-0.2, -0.15) is 0 Å². The molecule has 0 spiro atoms. The number of halogens is 1. The van der Waals surface area contributed by atoms with E-state index >= 15 is 0 Å². The Morgan fingerprint density at radius 3 is 2.48 bits per heavy atom. The number of amides is 2. The Bertz CT molecular complexity index is 644. The highest BCUT2D eigenvalue weighted by Gasteiger charge is 2.55. The van der Waals surface area contributed by atoms with Crippen molar-refractivity contribution in [2.24, 2.45) is 11.7 Å². The summed E-state index contributed by atoms with van der Waals surface area (Å²) in [6, 6.07) is 5.87. The van der Waals surface area contributed by atoms with Crippen molar-refractivity contribution in [1.29, 1.82) is 0 Å². The number of rotatable bonds is 4. The van der Waals surface area contributed by atoms with Crippen molar-refractivity contribution in [2.45, 2.75) is 43.2 Å². The fourth-order valence-corrected chi connectivity index (χ4v) is 3.75. The summed E-state index contributed by atoms with van der Waals surface area (Å²) in [7, 11) is 1.61. The molecule has 0 bridgehead atoms. The molecule has 0 heterocycles. The molecule has 0 unspecified atom stereocenters. The zero-order valence-corrected chi connectivity index (χ0v) is 13.0. The Labute approximate surface area is 134 Å². The summed E-state index contributed by atoms with van der Waals surface area (Å²) in [5.41, 5.74) is 4.87. The van der Waals surface area contributed by atoms with E-state index in [2.05, 4.69) is 0 Å². The second kappa shape index (κ2) is 5.60. The topological polar surface area (TPSA) is 83.6 Å². The van der Waals surface area contributed by atoms with Crippen LogP contribution < -0.4 is 5.73 Å². The molecular weight excluding hydrogens is 299 g/mol. The maximum absolute atomic E-state index is 14.1. The van der Waals surface area contributed by atoms with Crippen LogP contribution in [0.5, 0.6) is 0 Å². The third-order valence-electron chi connectivity index (χ3n) is 5.31. The molecule has 2 amide bonds. The highest BCUT2D eigenvalue weighted by Crippen LogP contribution is 2.51. The van der Waals surface area contributed by atoms with E-state index in [4.69, 9.17) is 5.73 Å². The molecule has 2 saturated carbocycles. The molecule has 3 N–H and O–H groups in total. The number of primary amides is 1. The quantitative estimate of drug-likeness (QED) is 0.866. The van der Waals surface area contributed by atoms with Crippen molar-refractivity contribution in [2.75, 3.05) is 7.05 Å². The Kier molecular flexibility index (Phi) is 3.88. The van der Waals surface area contributed by atoms with Crippen LogP contribution in [0.3, 0.4) is 0 Å². The molecule has 1 aromatic rings. The number of aliphatic hydroxyl groups excluding tert-OH is 1. The first-order valence-electron chi connectivity index (χ1n) is 7.88. The standard InChI is InChI=1S/C17H21FN2O3/c1-20(13-7-6-10(14(13)21)15(19)22)16(23)17(8-9-17)11-4-2-3-5-12(11)18/h2-5,10,13-14,21H,6-9H2,1H3,(H2,19,22)/t10-,13-,14+/m1/s1. The lowest BCUT2D eigenvalue weighted by molar-refractivity contribution is -0.138. The minimum atomic E-state index is -0.960. The highest BCUT2D eigenvalue weighted by atomic mass is 19.1.